The summed E-state index contributed by atoms with van der Waals surface area (Å²) in [6.07, 6.45) is 3.69. The van der Waals surface area contributed by atoms with Crippen molar-refractivity contribution in [2.45, 2.75) is 38.6 Å². The van der Waals surface area contributed by atoms with Gasteiger partial charge < -0.3 is 15.4 Å². The minimum atomic E-state index is -0.140. The van der Waals surface area contributed by atoms with Gasteiger partial charge in [0.15, 0.2) is 0 Å². The third-order valence-electron chi connectivity index (χ3n) is 4.27. The molecule has 1 aliphatic rings. The molecule has 0 bridgehead atoms. The van der Waals surface area contributed by atoms with Gasteiger partial charge in [-0.15, -0.1) is 11.3 Å². The van der Waals surface area contributed by atoms with E-state index in [9.17, 15) is 4.79 Å². The average molecular weight is 345 g/mol. The van der Waals surface area contributed by atoms with E-state index in [4.69, 9.17) is 4.74 Å². The molecule has 0 saturated carbocycles. The second kappa shape index (κ2) is 7.66. The molecule has 0 unspecified atom stereocenters. The van der Waals surface area contributed by atoms with E-state index in [1.807, 2.05) is 31.3 Å². The summed E-state index contributed by atoms with van der Waals surface area (Å²) in [6.45, 7) is 5.34. The van der Waals surface area contributed by atoms with Crippen molar-refractivity contribution in [2.24, 2.45) is 0 Å². The number of carbonyl (C=O) groups is 1. The maximum absolute atomic E-state index is 12.1. The molecule has 3 rings (SSSR count). The van der Waals surface area contributed by atoms with Crippen LogP contribution in [0.25, 0.3) is 0 Å². The Hall–Kier alpha value is -2.08. The number of aryl methyl sites for hydroxylation is 1. The molecule has 0 radical (unpaired) electrons. The summed E-state index contributed by atoms with van der Waals surface area (Å²) in [7, 11) is 0. The predicted octanol–water partition coefficient (Wildman–Crippen LogP) is 3.11. The number of para-hydroxylation sites is 1. The first kappa shape index (κ1) is 16.8. The number of thiazole rings is 1. The molecule has 6 heteroatoms. The molecule has 0 spiro atoms. The van der Waals surface area contributed by atoms with E-state index in [0.717, 1.165) is 23.6 Å². The molecule has 1 aromatic heterocycles. The Labute approximate surface area is 146 Å². The van der Waals surface area contributed by atoms with Gasteiger partial charge in [0.2, 0.25) is 0 Å². The molecule has 24 heavy (non-hydrogen) atoms. The van der Waals surface area contributed by atoms with Crippen LogP contribution in [0.3, 0.4) is 0 Å². The summed E-state index contributed by atoms with van der Waals surface area (Å²) in [5, 5.41) is 7.00. The third kappa shape index (κ3) is 3.87. The molecular weight excluding hydrogens is 322 g/mol. The molecule has 1 aliphatic heterocycles. The zero-order valence-electron chi connectivity index (χ0n) is 14.0. The summed E-state index contributed by atoms with van der Waals surface area (Å²) < 4.78 is 5.69. The first-order valence-corrected chi connectivity index (χ1v) is 9.18. The highest BCUT2D eigenvalue weighted by Gasteiger charge is 2.29. The fourth-order valence-corrected chi connectivity index (χ4v) is 3.73. The quantitative estimate of drug-likeness (QED) is 0.845. The Morgan fingerprint density at radius 2 is 2.29 bits per heavy atom. The molecule has 1 aromatic carbocycles. The highest BCUT2D eigenvalue weighted by Crippen LogP contribution is 2.35. The number of carbonyl (C=O) groups excluding carboxylic acids is 1. The number of nitrogens with zero attached hydrogens (tertiary/aromatic N) is 1. The van der Waals surface area contributed by atoms with E-state index in [2.05, 4.69) is 28.6 Å². The molecular formula is C18H23N3O2S. The summed E-state index contributed by atoms with van der Waals surface area (Å²) in [5.41, 5.74) is 1.17. The number of amides is 2. The Balaban J connectivity index is 1.45. The average Bonchev–Trinajstić information content (AvgIpc) is 3.21. The number of aromatic nitrogens is 1. The van der Waals surface area contributed by atoms with E-state index in [1.165, 1.54) is 10.4 Å². The van der Waals surface area contributed by atoms with Gasteiger partial charge >= 0.3 is 6.03 Å². The SMILES string of the molecule is CCc1cnc(CCNC(=O)N[C@@H](C)[C@H]2COc3ccccc32)s1. The van der Waals surface area contributed by atoms with Crippen LogP contribution < -0.4 is 15.4 Å². The van der Waals surface area contributed by atoms with Crippen molar-refractivity contribution < 1.29 is 9.53 Å². The van der Waals surface area contributed by atoms with Crippen molar-refractivity contribution in [2.75, 3.05) is 13.2 Å². The fraction of sp³-hybridized carbons (Fsp3) is 0.444. The van der Waals surface area contributed by atoms with Crippen LogP contribution in [0.5, 0.6) is 5.75 Å². The van der Waals surface area contributed by atoms with Crippen LogP contribution in [0.4, 0.5) is 4.79 Å². The lowest BCUT2D eigenvalue weighted by Gasteiger charge is -2.20. The Morgan fingerprint density at radius 3 is 3.08 bits per heavy atom. The van der Waals surface area contributed by atoms with E-state index >= 15 is 0 Å². The monoisotopic (exact) mass is 345 g/mol. The lowest BCUT2D eigenvalue weighted by Crippen LogP contribution is -2.44. The number of hydrogen-bond acceptors (Lipinski definition) is 4. The summed E-state index contributed by atoms with van der Waals surface area (Å²) in [4.78, 5) is 17.7. The minimum Gasteiger partial charge on any atom is -0.493 e. The normalized spacial score (nSPS) is 17.0. The second-order valence-electron chi connectivity index (χ2n) is 5.97. The molecule has 2 heterocycles. The number of rotatable bonds is 6. The highest BCUT2D eigenvalue weighted by atomic mass is 32.1. The minimum absolute atomic E-state index is 0.0141. The van der Waals surface area contributed by atoms with E-state index < -0.39 is 0 Å². The van der Waals surface area contributed by atoms with Crippen LogP contribution in [-0.4, -0.2) is 30.2 Å². The Morgan fingerprint density at radius 1 is 1.46 bits per heavy atom. The van der Waals surface area contributed by atoms with Gasteiger partial charge in [-0.25, -0.2) is 9.78 Å². The van der Waals surface area contributed by atoms with Crippen molar-refractivity contribution in [3.8, 4) is 5.75 Å². The summed E-state index contributed by atoms with van der Waals surface area (Å²) in [6, 6.07) is 7.89. The topological polar surface area (TPSA) is 63.2 Å². The number of urea groups is 1. The van der Waals surface area contributed by atoms with Gasteiger partial charge in [0.1, 0.15) is 5.75 Å². The molecule has 0 saturated heterocycles. The number of fused-ring (bicyclic) bond motifs is 1. The maximum atomic E-state index is 12.1. The predicted molar refractivity (Wildman–Crippen MR) is 95.9 cm³/mol. The van der Waals surface area contributed by atoms with Crippen LogP contribution in [0, 0.1) is 0 Å². The van der Waals surface area contributed by atoms with E-state index in [-0.39, 0.29) is 18.0 Å². The van der Waals surface area contributed by atoms with E-state index in [0.29, 0.717) is 13.2 Å². The molecule has 0 fully saturated rings. The van der Waals surface area contributed by atoms with Gasteiger partial charge in [-0.2, -0.15) is 0 Å². The molecule has 0 aliphatic carbocycles. The van der Waals surface area contributed by atoms with Crippen molar-refractivity contribution in [1.82, 2.24) is 15.6 Å². The van der Waals surface area contributed by atoms with Crippen molar-refractivity contribution in [3.63, 3.8) is 0 Å². The van der Waals surface area contributed by atoms with Crippen LogP contribution in [0.15, 0.2) is 30.5 Å². The second-order valence-corrected chi connectivity index (χ2v) is 7.17. The summed E-state index contributed by atoms with van der Waals surface area (Å²) in [5.74, 6) is 1.12. The molecule has 5 nitrogen and oxygen atoms in total. The van der Waals surface area contributed by atoms with Gasteiger partial charge in [-0.1, -0.05) is 25.1 Å². The number of hydrogen-bond donors (Lipinski definition) is 2. The van der Waals surface area contributed by atoms with E-state index in [1.54, 1.807) is 11.3 Å². The molecule has 2 atom stereocenters. The fourth-order valence-electron chi connectivity index (χ4n) is 2.87. The van der Waals surface area contributed by atoms with Gasteiger partial charge in [0, 0.05) is 41.6 Å². The van der Waals surface area contributed by atoms with Crippen molar-refractivity contribution >= 4 is 17.4 Å². The van der Waals surface area contributed by atoms with Gasteiger partial charge in [0.25, 0.3) is 0 Å². The van der Waals surface area contributed by atoms with Crippen LogP contribution in [0.1, 0.15) is 35.2 Å². The van der Waals surface area contributed by atoms with Gasteiger partial charge in [0.05, 0.1) is 11.6 Å². The first-order valence-electron chi connectivity index (χ1n) is 8.37. The van der Waals surface area contributed by atoms with Gasteiger partial charge in [-0.05, 0) is 19.4 Å². The lowest BCUT2D eigenvalue weighted by atomic mass is 9.94. The van der Waals surface area contributed by atoms with Crippen LogP contribution in [-0.2, 0) is 12.8 Å². The zero-order chi connectivity index (χ0) is 16.9. The highest BCUT2D eigenvalue weighted by molar-refractivity contribution is 7.11. The first-order chi connectivity index (χ1) is 11.7. The third-order valence-corrected chi connectivity index (χ3v) is 5.47. The molecule has 2 aromatic rings. The van der Waals surface area contributed by atoms with Crippen molar-refractivity contribution in [3.05, 3.63) is 45.9 Å². The van der Waals surface area contributed by atoms with Crippen molar-refractivity contribution in [1.29, 1.82) is 0 Å². The number of nitrogens with one attached hydrogen (secondary N) is 2. The van der Waals surface area contributed by atoms with Gasteiger partial charge in [-0.3, -0.25) is 0 Å². The Kier molecular flexibility index (Phi) is 5.35. The molecule has 2 amide bonds. The maximum Gasteiger partial charge on any atom is 0.315 e. The standard InChI is InChI=1S/C18H23N3O2S/c1-3-13-10-20-17(24-13)8-9-19-18(22)21-12(2)15-11-23-16-7-5-4-6-14(15)16/h4-7,10,12,15H,3,8-9,11H2,1-2H3,(H2,19,21,22)/t12-,15+/m0/s1. The summed E-state index contributed by atoms with van der Waals surface area (Å²) >= 11 is 1.71. The largest absolute Gasteiger partial charge is 0.493 e. The Bertz CT molecular complexity index is 701. The number of benzene rings is 1. The zero-order valence-corrected chi connectivity index (χ0v) is 14.9. The smallest absolute Gasteiger partial charge is 0.315 e. The lowest BCUT2D eigenvalue weighted by molar-refractivity contribution is 0.233. The molecule has 128 valence electrons. The van der Waals surface area contributed by atoms with Crippen LogP contribution >= 0.6 is 11.3 Å². The molecule has 2 N–H and O–H groups in total. The van der Waals surface area contributed by atoms with Crippen LogP contribution in [0.2, 0.25) is 0 Å². The number of ether oxygens (including phenoxy) is 1.